The molecule has 0 heterocycles. The van der Waals surface area contributed by atoms with Gasteiger partial charge in [-0.15, -0.1) is 0 Å². The predicted octanol–water partition coefficient (Wildman–Crippen LogP) is 3.21. The fourth-order valence-electron chi connectivity index (χ4n) is 5.44. The quantitative estimate of drug-likeness (QED) is 0.677. The molecule has 22 heavy (non-hydrogen) atoms. The first-order chi connectivity index (χ1) is 10.6. The molecule has 4 fully saturated rings. The van der Waals surface area contributed by atoms with Crippen LogP contribution in [0.15, 0.2) is 0 Å². The molecule has 0 aromatic heterocycles. The van der Waals surface area contributed by atoms with Gasteiger partial charge in [0.15, 0.2) is 0 Å². The van der Waals surface area contributed by atoms with E-state index >= 15 is 0 Å². The summed E-state index contributed by atoms with van der Waals surface area (Å²) in [7, 11) is 0. The highest BCUT2D eigenvalue weighted by Gasteiger charge is 2.50. The number of amides is 1. The van der Waals surface area contributed by atoms with Gasteiger partial charge < -0.3 is 10.4 Å². The molecule has 0 radical (unpaired) electrons. The Labute approximate surface area is 133 Å². The van der Waals surface area contributed by atoms with Gasteiger partial charge in [-0.1, -0.05) is 12.8 Å². The Morgan fingerprint density at radius 2 is 1.45 bits per heavy atom. The highest BCUT2D eigenvalue weighted by atomic mass is 16.4. The van der Waals surface area contributed by atoms with E-state index in [0.29, 0.717) is 23.7 Å². The molecule has 1 amide bonds. The van der Waals surface area contributed by atoms with E-state index in [2.05, 4.69) is 5.32 Å². The minimum atomic E-state index is -0.713. The van der Waals surface area contributed by atoms with Gasteiger partial charge in [0, 0.05) is 18.9 Å². The number of carboxylic acid groups (broad SMARTS) is 1. The Morgan fingerprint density at radius 3 is 2.05 bits per heavy atom. The number of hydrogen-bond acceptors (Lipinski definition) is 2. The van der Waals surface area contributed by atoms with Crippen molar-refractivity contribution in [2.45, 2.75) is 64.2 Å². The van der Waals surface area contributed by atoms with Crippen LogP contribution >= 0.6 is 0 Å². The third-order valence-corrected chi connectivity index (χ3v) is 6.15. The molecule has 0 spiro atoms. The van der Waals surface area contributed by atoms with Crippen LogP contribution in [0.5, 0.6) is 0 Å². The Hall–Kier alpha value is -1.06. The van der Waals surface area contributed by atoms with Gasteiger partial charge in [0.2, 0.25) is 5.91 Å². The largest absolute Gasteiger partial charge is 0.481 e. The Balaban J connectivity index is 1.34. The fourth-order valence-corrected chi connectivity index (χ4v) is 5.44. The van der Waals surface area contributed by atoms with Crippen molar-refractivity contribution in [3.63, 3.8) is 0 Å². The van der Waals surface area contributed by atoms with Crippen LogP contribution in [0.1, 0.15) is 64.2 Å². The van der Waals surface area contributed by atoms with Gasteiger partial charge in [0.25, 0.3) is 0 Å². The van der Waals surface area contributed by atoms with E-state index in [-0.39, 0.29) is 6.42 Å². The number of nitrogens with one attached hydrogen (secondary N) is 1. The van der Waals surface area contributed by atoms with Crippen molar-refractivity contribution in [1.82, 2.24) is 5.32 Å². The molecule has 0 unspecified atom stereocenters. The molecule has 4 rings (SSSR count). The molecule has 0 aromatic rings. The highest BCUT2D eigenvalue weighted by Crippen LogP contribution is 2.56. The molecule has 4 aliphatic carbocycles. The summed E-state index contributed by atoms with van der Waals surface area (Å²) in [6.07, 6.45) is 10.5. The first-order valence-electron chi connectivity index (χ1n) is 9.13. The maximum Gasteiger partial charge on any atom is 0.303 e. The number of carbonyl (C=O) groups excluding carboxylic acids is 1. The van der Waals surface area contributed by atoms with Crippen LogP contribution in [-0.4, -0.2) is 23.5 Å². The molecule has 0 aliphatic heterocycles. The summed E-state index contributed by atoms with van der Waals surface area (Å²) in [5, 5.41) is 11.7. The molecule has 124 valence electrons. The number of carbonyl (C=O) groups is 2. The molecule has 0 saturated heterocycles. The van der Waals surface area contributed by atoms with Crippen LogP contribution in [0, 0.1) is 29.6 Å². The van der Waals surface area contributed by atoms with Gasteiger partial charge in [0.05, 0.1) is 0 Å². The van der Waals surface area contributed by atoms with Crippen LogP contribution in [-0.2, 0) is 9.59 Å². The molecule has 4 bridgehead atoms. The first kappa shape index (κ1) is 15.8. The van der Waals surface area contributed by atoms with Gasteiger partial charge in [-0.3, -0.25) is 9.59 Å². The summed E-state index contributed by atoms with van der Waals surface area (Å²) >= 11 is 0. The second-order valence-electron chi connectivity index (χ2n) is 7.81. The second kappa shape index (κ2) is 7.01. The van der Waals surface area contributed by atoms with E-state index in [1.54, 1.807) is 0 Å². The summed E-state index contributed by atoms with van der Waals surface area (Å²) in [6, 6.07) is 0. The topological polar surface area (TPSA) is 66.4 Å². The number of hydrogen-bond donors (Lipinski definition) is 2. The lowest BCUT2D eigenvalue weighted by atomic mass is 9.51. The summed E-state index contributed by atoms with van der Waals surface area (Å²) in [4.78, 5) is 22.9. The lowest BCUT2D eigenvalue weighted by molar-refractivity contribution is -0.138. The number of rotatable bonds is 8. The SMILES string of the molecule is O=C(O)CCCCCCNC(=O)C1C2CC3CC(C2)CC1C3. The van der Waals surface area contributed by atoms with Crippen LogP contribution in [0.3, 0.4) is 0 Å². The fraction of sp³-hybridized carbons (Fsp3) is 0.889. The number of carboxylic acids is 1. The predicted molar refractivity (Wildman–Crippen MR) is 84.3 cm³/mol. The maximum absolute atomic E-state index is 12.5. The molecule has 4 saturated carbocycles. The molecular weight excluding hydrogens is 278 g/mol. The normalized spacial score (nSPS) is 35.5. The van der Waals surface area contributed by atoms with Crippen molar-refractivity contribution >= 4 is 11.9 Å². The molecular formula is C18H29NO3. The van der Waals surface area contributed by atoms with E-state index in [1.165, 1.54) is 32.1 Å². The first-order valence-corrected chi connectivity index (χ1v) is 9.13. The zero-order valence-corrected chi connectivity index (χ0v) is 13.4. The number of aliphatic carboxylic acids is 1. The van der Waals surface area contributed by atoms with Crippen molar-refractivity contribution in [2.24, 2.45) is 29.6 Å². The Morgan fingerprint density at radius 1 is 0.864 bits per heavy atom. The highest BCUT2D eigenvalue weighted by molar-refractivity contribution is 5.79. The third-order valence-electron chi connectivity index (χ3n) is 6.15. The van der Waals surface area contributed by atoms with Crippen molar-refractivity contribution in [3.05, 3.63) is 0 Å². The monoisotopic (exact) mass is 307 g/mol. The summed E-state index contributed by atoms with van der Waals surface area (Å²) < 4.78 is 0. The van der Waals surface area contributed by atoms with Gasteiger partial charge in [-0.2, -0.15) is 0 Å². The van der Waals surface area contributed by atoms with Crippen molar-refractivity contribution < 1.29 is 14.7 Å². The minimum absolute atomic E-state index is 0.264. The second-order valence-corrected chi connectivity index (χ2v) is 7.81. The van der Waals surface area contributed by atoms with E-state index in [0.717, 1.165) is 44.1 Å². The smallest absolute Gasteiger partial charge is 0.303 e. The third kappa shape index (κ3) is 3.64. The van der Waals surface area contributed by atoms with E-state index in [4.69, 9.17) is 5.11 Å². The maximum atomic E-state index is 12.5. The Bertz CT molecular complexity index is 393. The van der Waals surface area contributed by atoms with E-state index in [9.17, 15) is 9.59 Å². The Kier molecular flexibility index (Phi) is 5.04. The minimum Gasteiger partial charge on any atom is -0.481 e. The molecule has 4 aliphatic rings. The van der Waals surface area contributed by atoms with E-state index < -0.39 is 5.97 Å². The lowest BCUT2D eigenvalue weighted by Crippen LogP contribution is -2.51. The van der Waals surface area contributed by atoms with Crippen molar-refractivity contribution in [1.29, 1.82) is 0 Å². The van der Waals surface area contributed by atoms with Crippen molar-refractivity contribution in [2.75, 3.05) is 6.54 Å². The average molecular weight is 307 g/mol. The molecule has 4 heteroatoms. The molecule has 4 nitrogen and oxygen atoms in total. The number of unbranched alkanes of at least 4 members (excludes halogenated alkanes) is 3. The van der Waals surface area contributed by atoms with Gasteiger partial charge >= 0.3 is 5.97 Å². The van der Waals surface area contributed by atoms with Crippen LogP contribution in [0.2, 0.25) is 0 Å². The van der Waals surface area contributed by atoms with Gasteiger partial charge in [-0.05, 0) is 68.6 Å². The molecule has 0 atom stereocenters. The zero-order chi connectivity index (χ0) is 15.5. The lowest BCUT2D eigenvalue weighted by Gasteiger charge is -2.53. The summed E-state index contributed by atoms with van der Waals surface area (Å²) in [5.74, 6) is 3.04. The summed E-state index contributed by atoms with van der Waals surface area (Å²) in [6.45, 7) is 0.759. The van der Waals surface area contributed by atoms with Gasteiger partial charge in [0.1, 0.15) is 0 Å². The molecule has 0 aromatic carbocycles. The van der Waals surface area contributed by atoms with Crippen LogP contribution in [0.25, 0.3) is 0 Å². The van der Waals surface area contributed by atoms with E-state index in [1.807, 2.05) is 0 Å². The standard InChI is InChI=1S/C18H29NO3/c20-16(21)5-3-1-2-4-6-19-18(22)17-14-8-12-7-13(10-14)11-15(17)9-12/h12-15,17H,1-11H2,(H,19,22)(H,20,21). The molecule has 2 N–H and O–H groups in total. The van der Waals surface area contributed by atoms with Crippen LogP contribution in [0.4, 0.5) is 0 Å². The summed E-state index contributed by atoms with van der Waals surface area (Å²) in [5.41, 5.74) is 0. The zero-order valence-electron chi connectivity index (χ0n) is 13.4. The van der Waals surface area contributed by atoms with Crippen LogP contribution < -0.4 is 5.32 Å². The average Bonchev–Trinajstić information content (AvgIpc) is 2.44. The van der Waals surface area contributed by atoms with Crippen molar-refractivity contribution in [3.8, 4) is 0 Å². The van der Waals surface area contributed by atoms with Gasteiger partial charge in [-0.25, -0.2) is 0 Å².